The number of hydrogen-bond donors (Lipinski definition) is 2. The fraction of sp³-hybridized carbons (Fsp3) is 0.667. The number of rotatable bonds is 5. The van der Waals surface area contributed by atoms with Crippen molar-refractivity contribution in [3.8, 4) is 0 Å². The van der Waals surface area contributed by atoms with E-state index in [4.69, 9.17) is 17.3 Å². The summed E-state index contributed by atoms with van der Waals surface area (Å²) in [7, 11) is -2.12. The first-order valence-corrected chi connectivity index (χ1v) is 7.21. The summed E-state index contributed by atoms with van der Waals surface area (Å²) in [5, 5.41) is 3.91. The standard InChI is InChI=1S/C9H15ClN4O2S.ClH/c1-14-9(7(10)5-12-14)17(15,16)13-8(4-11)6-2-3-6;/h5-6,8,13H,2-4,11H2,1H3;1H. The summed E-state index contributed by atoms with van der Waals surface area (Å²) in [4.78, 5) is 0. The second-order valence-electron chi connectivity index (χ2n) is 4.22. The van der Waals surface area contributed by atoms with Gasteiger partial charge in [0.1, 0.15) is 0 Å². The number of aromatic nitrogens is 2. The fourth-order valence-electron chi connectivity index (χ4n) is 1.79. The van der Waals surface area contributed by atoms with Gasteiger partial charge in [-0.15, -0.1) is 12.4 Å². The van der Waals surface area contributed by atoms with E-state index in [1.165, 1.54) is 17.9 Å². The van der Waals surface area contributed by atoms with E-state index in [9.17, 15) is 8.42 Å². The van der Waals surface area contributed by atoms with Crippen molar-refractivity contribution in [3.63, 3.8) is 0 Å². The van der Waals surface area contributed by atoms with Crippen LogP contribution in [0.3, 0.4) is 0 Å². The summed E-state index contributed by atoms with van der Waals surface area (Å²) in [5.74, 6) is 0.349. The molecule has 2 rings (SSSR count). The molecule has 1 atom stereocenters. The Morgan fingerprint density at radius 1 is 1.67 bits per heavy atom. The zero-order valence-corrected chi connectivity index (χ0v) is 12.2. The maximum absolute atomic E-state index is 12.1. The Kier molecular flexibility index (Phi) is 5.02. The van der Waals surface area contributed by atoms with Gasteiger partial charge in [-0.05, 0) is 18.8 Å². The van der Waals surface area contributed by atoms with Crippen molar-refractivity contribution >= 4 is 34.0 Å². The van der Waals surface area contributed by atoms with Crippen LogP contribution in [-0.2, 0) is 17.1 Å². The third-order valence-electron chi connectivity index (χ3n) is 2.85. The minimum atomic E-state index is -3.66. The maximum Gasteiger partial charge on any atom is 0.259 e. The highest BCUT2D eigenvalue weighted by atomic mass is 35.5. The highest BCUT2D eigenvalue weighted by Crippen LogP contribution is 2.33. The topological polar surface area (TPSA) is 90.0 Å². The Labute approximate surface area is 117 Å². The van der Waals surface area contributed by atoms with E-state index in [1.807, 2.05) is 0 Å². The molecular weight excluding hydrogens is 299 g/mol. The zero-order chi connectivity index (χ0) is 12.6. The van der Waals surface area contributed by atoms with Gasteiger partial charge in [0.2, 0.25) is 0 Å². The molecule has 1 aliphatic carbocycles. The van der Waals surface area contributed by atoms with Crippen LogP contribution in [0.5, 0.6) is 0 Å². The largest absolute Gasteiger partial charge is 0.329 e. The second kappa shape index (κ2) is 5.75. The molecule has 1 aliphatic rings. The predicted octanol–water partition coefficient (Wildman–Crippen LogP) is 0.511. The lowest BCUT2D eigenvalue weighted by molar-refractivity contribution is 0.510. The molecule has 0 amide bonds. The van der Waals surface area contributed by atoms with Crippen molar-refractivity contribution in [2.75, 3.05) is 6.54 Å². The van der Waals surface area contributed by atoms with E-state index >= 15 is 0 Å². The Morgan fingerprint density at radius 2 is 2.28 bits per heavy atom. The van der Waals surface area contributed by atoms with Crippen molar-refractivity contribution in [3.05, 3.63) is 11.2 Å². The third kappa shape index (κ3) is 3.16. The number of aryl methyl sites for hydroxylation is 1. The molecule has 1 unspecified atom stereocenters. The van der Waals surface area contributed by atoms with Gasteiger partial charge in [-0.3, -0.25) is 4.68 Å². The van der Waals surface area contributed by atoms with Crippen LogP contribution in [0.2, 0.25) is 5.02 Å². The minimum Gasteiger partial charge on any atom is -0.329 e. The van der Waals surface area contributed by atoms with Gasteiger partial charge >= 0.3 is 0 Å². The molecule has 18 heavy (non-hydrogen) atoms. The van der Waals surface area contributed by atoms with Gasteiger partial charge in [0.05, 0.1) is 11.2 Å². The molecule has 0 radical (unpaired) electrons. The molecule has 0 aromatic carbocycles. The first-order chi connectivity index (χ1) is 7.95. The van der Waals surface area contributed by atoms with E-state index in [1.54, 1.807) is 0 Å². The summed E-state index contributed by atoms with van der Waals surface area (Å²) >= 11 is 5.82. The molecule has 1 saturated carbocycles. The van der Waals surface area contributed by atoms with Gasteiger partial charge in [-0.1, -0.05) is 11.6 Å². The lowest BCUT2D eigenvalue weighted by Gasteiger charge is -2.16. The molecule has 6 nitrogen and oxygen atoms in total. The molecule has 0 bridgehead atoms. The fourth-order valence-corrected chi connectivity index (χ4v) is 3.77. The molecular formula is C9H16Cl2N4O2S. The molecule has 0 saturated heterocycles. The van der Waals surface area contributed by atoms with Crippen molar-refractivity contribution in [1.82, 2.24) is 14.5 Å². The third-order valence-corrected chi connectivity index (χ3v) is 4.84. The molecule has 1 fully saturated rings. The first-order valence-electron chi connectivity index (χ1n) is 5.35. The van der Waals surface area contributed by atoms with Crippen molar-refractivity contribution < 1.29 is 8.42 Å². The van der Waals surface area contributed by atoms with Gasteiger partial charge in [0.15, 0.2) is 5.03 Å². The average molecular weight is 315 g/mol. The van der Waals surface area contributed by atoms with Gasteiger partial charge in [0.25, 0.3) is 10.0 Å². The van der Waals surface area contributed by atoms with Crippen LogP contribution in [0.4, 0.5) is 0 Å². The lowest BCUT2D eigenvalue weighted by Crippen LogP contribution is -2.42. The van der Waals surface area contributed by atoms with Crippen LogP contribution in [0.15, 0.2) is 11.2 Å². The number of nitrogens with one attached hydrogen (secondary N) is 1. The van der Waals surface area contributed by atoms with Crippen molar-refractivity contribution in [2.24, 2.45) is 18.7 Å². The van der Waals surface area contributed by atoms with Crippen LogP contribution >= 0.6 is 24.0 Å². The smallest absolute Gasteiger partial charge is 0.259 e. The number of nitrogens with zero attached hydrogens (tertiary/aromatic N) is 2. The van der Waals surface area contributed by atoms with Crippen LogP contribution in [0.1, 0.15) is 12.8 Å². The maximum atomic E-state index is 12.1. The monoisotopic (exact) mass is 314 g/mol. The number of halogens is 2. The predicted molar refractivity (Wildman–Crippen MR) is 71.4 cm³/mol. The quantitative estimate of drug-likeness (QED) is 0.828. The molecule has 3 N–H and O–H groups in total. The van der Waals surface area contributed by atoms with Gasteiger partial charge in [-0.25, -0.2) is 13.1 Å². The molecule has 0 spiro atoms. The van der Waals surface area contributed by atoms with Crippen molar-refractivity contribution in [2.45, 2.75) is 23.9 Å². The minimum absolute atomic E-state index is 0. The Morgan fingerprint density at radius 3 is 2.67 bits per heavy atom. The molecule has 0 aliphatic heterocycles. The SMILES string of the molecule is Cl.Cn1ncc(Cl)c1S(=O)(=O)NC(CN)C1CC1. The lowest BCUT2D eigenvalue weighted by atomic mass is 10.2. The molecule has 1 aromatic heterocycles. The number of sulfonamides is 1. The number of hydrogen-bond acceptors (Lipinski definition) is 4. The normalized spacial score (nSPS) is 17.3. The van der Waals surface area contributed by atoms with Gasteiger partial charge in [0, 0.05) is 19.6 Å². The molecule has 9 heteroatoms. The number of nitrogens with two attached hydrogens (primary N) is 1. The van der Waals surface area contributed by atoms with Crippen LogP contribution in [0, 0.1) is 5.92 Å². The van der Waals surface area contributed by atoms with E-state index in [0.29, 0.717) is 12.5 Å². The Bertz CT molecular complexity index is 493. The molecule has 104 valence electrons. The summed E-state index contributed by atoms with van der Waals surface area (Å²) in [5.41, 5.74) is 5.57. The summed E-state index contributed by atoms with van der Waals surface area (Å²) in [6, 6.07) is -0.217. The van der Waals surface area contributed by atoms with Crippen LogP contribution in [0.25, 0.3) is 0 Å². The summed E-state index contributed by atoms with van der Waals surface area (Å²) < 4.78 is 28.1. The summed E-state index contributed by atoms with van der Waals surface area (Å²) in [6.45, 7) is 0.291. The Balaban J connectivity index is 0.00000162. The van der Waals surface area contributed by atoms with Crippen LogP contribution in [-0.4, -0.2) is 30.8 Å². The molecule has 1 heterocycles. The Hall–Kier alpha value is -0.340. The average Bonchev–Trinajstić information content (AvgIpc) is 3.02. The van der Waals surface area contributed by atoms with Crippen LogP contribution < -0.4 is 10.5 Å². The first kappa shape index (κ1) is 15.7. The zero-order valence-electron chi connectivity index (χ0n) is 9.84. The van der Waals surface area contributed by atoms with Crippen molar-refractivity contribution in [1.29, 1.82) is 0 Å². The molecule has 1 aromatic rings. The van der Waals surface area contributed by atoms with E-state index in [-0.39, 0.29) is 28.5 Å². The second-order valence-corrected chi connectivity index (χ2v) is 6.26. The highest BCUT2D eigenvalue weighted by Gasteiger charge is 2.34. The van der Waals surface area contributed by atoms with E-state index < -0.39 is 10.0 Å². The highest BCUT2D eigenvalue weighted by molar-refractivity contribution is 7.89. The van der Waals surface area contributed by atoms with E-state index in [0.717, 1.165) is 12.8 Å². The van der Waals surface area contributed by atoms with Gasteiger partial charge < -0.3 is 5.73 Å². The summed E-state index contributed by atoms with van der Waals surface area (Å²) in [6.07, 6.45) is 3.34. The van der Waals surface area contributed by atoms with E-state index in [2.05, 4.69) is 9.82 Å². The van der Waals surface area contributed by atoms with Gasteiger partial charge in [-0.2, -0.15) is 5.10 Å².